The quantitative estimate of drug-likeness (QED) is 0.869. The summed E-state index contributed by atoms with van der Waals surface area (Å²) in [4.78, 5) is 17.3. The number of H-pyrrole nitrogens is 1. The first-order chi connectivity index (χ1) is 13.3. The normalized spacial score (nSPS) is 21.9. The predicted octanol–water partition coefficient (Wildman–Crippen LogP) is 0.983. The van der Waals surface area contributed by atoms with Crippen molar-refractivity contribution in [1.82, 2.24) is 25.2 Å². The number of ether oxygens (including phenoxy) is 2. The van der Waals surface area contributed by atoms with Crippen LogP contribution in [0.5, 0.6) is 11.5 Å². The minimum absolute atomic E-state index is 0.0445. The van der Waals surface area contributed by atoms with Crippen LogP contribution < -0.4 is 9.47 Å². The number of rotatable bonds is 3. The molecule has 3 heterocycles. The SMILES string of the molecule is O=C(C1CCc2n[nH]nc2C1)N1CCN(Cc2ccc3c(c2)OCO3)CC1. The number of aromatic amines is 1. The standard InChI is InChI=1S/C19H23N5O3/c25-19(14-2-3-15-16(10-14)21-22-20-15)24-7-5-23(6-8-24)11-13-1-4-17-18(9-13)27-12-26-17/h1,4,9,14H,2-3,5-8,10-12H2,(H,20,21,22). The molecule has 0 spiro atoms. The maximum Gasteiger partial charge on any atom is 0.231 e. The van der Waals surface area contributed by atoms with Crippen LogP contribution >= 0.6 is 0 Å². The largest absolute Gasteiger partial charge is 0.454 e. The van der Waals surface area contributed by atoms with Gasteiger partial charge in [0.1, 0.15) is 0 Å². The molecule has 142 valence electrons. The zero-order valence-electron chi connectivity index (χ0n) is 15.2. The van der Waals surface area contributed by atoms with Crippen molar-refractivity contribution in [2.45, 2.75) is 25.8 Å². The van der Waals surface area contributed by atoms with Crippen molar-refractivity contribution in [3.8, 4) is 11.5 Å². The van der Waals surface area contributed by atoms with E-state index < -0.39 is 0 Å². The second-order valence-electron chi connectivity index (χ2n) is 7.45. The molecule has 2 aliphatic heterocycles. The minimum Gasteiger partial charge on any atom is -0.454 e. The number of hydrogen-bond acceptors (Lipinski definition) is 6. The van der Waals surface area contributed by atoms with E-state index in [2.05, 4.69) is 32.4 Å². The number of benzene rings is 1. The Morgan fingerprint density at radius 3 is 2.81 bits per heavy atom. The molecule has 8 heteroatoms. The van der Waals surface area contributed by atoms with E-state index in [0.717, 1.165) is 68.5 Å². The zero-order chi connectivity index (χ0) is 18.2. The molecular formula is C19H23N5O3. The Morgan fingerprint density at radius 2 is 1.93 bits per heavy atom. The summed E-state index contributed by atoms with van der Waals surface area (Å²) in [6, 6.07) is 6.11. The van der Waals surface area contributed by atoms with Crippen LogP contribution in [0.4, 0.5) is 0 Å². The minimum atomic E-state index is 0.0445. The fraction of sp³-hybridized carbons (Fsp3) is 0.526. The van der Waals surface area contributed by atoms with Crippen molar-refractivity contribution in [3.63, 3.8) is 0 Å². The summed E-state index contributed by atoms with van der Waals surface area (Å²) in [6.07, 6.45) is 2.42. The molecule has 1 unspecified atom stereocenters. The van der Waals surface area contributed by atoms with Gasteiger partial charge in [-0.3, -0.25) is 9.69 Å². The molecule has 1 saturated heterocycles. The third kappa shape index (κ3) is 3.25. The molecular weight excluding hydrogens is 346 g/mol. The fourth-order valence-corrected chi connectivity index (χ4v) is 4.18. The Kier molecular flexibility index (Phi) is 4.20. The molecule has 27 heavy (non-hydrogen) atoms. The highest BCUT2D eigenvalue weighted by atomic mass is 16.7. The smallest absolute Gasteiger partial charge is 0.231 e. The number of nitrogens with zero attached hydrogens (tertiary/aromatic N) is 4. The molecule has 0 radical (unpaired) electrons. The van der Waals surface area contributed by atoms with E-state index in [0.29, 0.717) is 13.2 Å². The van der Waals surface area contributed by atoms with Crippen LogP contribution in [0.15, 0.2) is 18.2 Å². The highest BCUT2D eigenvalue weighted by Gasteiger charge is 2.31. The lowest BCUT2D eigenvalue weighted by molar-refractivity contribution is -0.137. The Bertz CT molecular complexity index is 844. The Hall–Kier alpha value is -2.61. The summed E-state index contributed by atoms with van der Waals surface area (Å²) >= 11 is 0. The van der Waals surface area contributed by atoms with E-state index in [1.165, 1.54) is 5.56 Å². The Morgan fingerprint density at radius 1 is 1.11 bits per heavy atom. The van der Waals surface area contributed by atoms with Crippen molar-refractivity contribution in [2.24, 2.45) is 5.92 Å². The second kappa shape index (κ2) is 6.84. The van der Waals surface area contributed by atoms with Crippen LogP contribution in [0.25, 0.3) is 0 Å². The van der Waals surface area contributed by atoms with Crippen LogP contribution in [-0.4, -0.2) is 64.1 Å². The monoisotopic (exact) mass is 369 g/mol. The molecule has 0 saturated carbocycles. The number of aromatic nitrogens is 3. The van der Waals surface area contributed by atoms with E-state index in [1.54, 1.807) is 0 Å². The Balaban J connectivity index is 1.15. The van der Waals surface area contributed by atoms with E-state index >= 15 is 0 Å². The van der Waals surface area contributed by atoms with Gasteiger partial charge in [0.05, 0.1) is 11.4 Å². The van der Waals surface area contributed by atoms with Gasteiger partial charge < -0.3 is 14.4 Å². The molecule has 2 aromatic rings. The van der Waals surface area contributed by atoms with Gasteiger partial charge >= 0.3 is 0 Å². The molecule has 3 aliphatic rings. The Labute approximate surface area is 157 Å². The first-order valence-corrected chi connectivity index (χ1v) is 9.54. The molecule has 1 amide bonds. The lowest BCUT2D eigenvalue weighted by Crippen LogP contribution is -2.50. The van der Waals surface area contributed by atoms with Crippen LogP contribution in [0, 0.1) is 5.92 Å². The summed E-state index contributed by atoms with van der Waals surface area (Å²) in [5.74, 6) is 1.96. The van der Waals surface area contributed by atoms with Gasteiger partial charge in [0.2, 0.25) is 12.7 Å². The molecule has 1 N–H and O–H groups in total. The first kappa shape index (κ1) is 16.6. The number of carbonyl (C=O) groups excluding carboxylic acids is 1. The number of fused-ring (bicyclic) bond motifs is 2. The molecule has 8 nitrogen and oxygen atoms in total. The number of nitrogens with one attached hydrogen (secondary N) is 1. The topological polar surface area (TPSA) is 83.6 Å². The van der Waals surface area contributed by atoms with Crippen LogP contribution in [0.2, 0.25) is 0 Å². The van der Waals surface area contributed by atoms with E-state index in [4.69, 9.17) is 9.47 Å². The predicted molar refractivity (Wildman–Crippen MR) is 96.3 cm³/mol. The van der Waals surface area contributed by atoms with Gasteiger partial charge in [0.25, 0.3) is 0 Å². The highest BCUT2D eigenvalue weighted by Crippen LogP contribution is 2.33. The number of carbonyl (C=O) groups is 1. The average molecular weight is 369 g/mol. The number of amides is 1. The summed E-state index contributed by atoms with van der Waals surface area (Å²) in [7, 11) is 0. The van der Waals surface area contributed by atoms with E-state index in [9.17, 15) is 4.79 Å². The molecule has 1 aliphatic carbocycles. The van der Waals surface area contributed by atoms with Gasteiger partial charge in [-0.05, 0) is 30.5 Å². The van der Waals surface area contributed by atoms with Gasteiger partial charge in [-0.15, -0.1) is 0 Å². The highest BCUT2D eigenvalue weighted by molar-refractivity contribution is 5.79. The molecule has 1 atom stereocenters. The summed E-state index contributed by atoms with van der Waals surface area (Å²) < 4.78 is 10.8. The molecule has 0 bridgehead atoms. The third-order valence-corrected chi connectivity index (χ3v) is 5.75. The van der Waals surface area contributed by atoms with Gasteiger partial charge in [-0.25, -0.2) is 0 Å². The van der Waals surface area contributed by atoms with E-state index in [-0.39, 0.29) is 11.8 Å². The van der Waals surface area contributed by atoms with Gasteiger partial charge in [-0.2, -0.15) is 15.4 Å². The fourth-order valence-electron chi connectivity index (χ4n) is 4.18. The maximum atomic E-state index is 12.9. The number of hydrogen-bond donors (Lipinski definition) is 1. The van der Waals surface area contributed by atoms with Crippen molar-refractivity contribution in [2.75, 3.05) is 33.0 Å². The second-order valence-corrected chi connectivity index (χ2v) is 7.45. The van der Waals surface area contributed by atoms with Crippen molar-refractivity contribution in [3.05, 3.63) is 35.2 Å². The third-order valence-electron chi connectivity index (χ3n) is 5.75. The molecule has 5 rings (SSSR count). The number of piperazine rings is 1. The summed E-state index contributed by atoms with van der Waals surface area (Å²) in [5.41, 5.74) is 3.19. The van der Waals surface area contributed by atoms with Gasteiger partial charge in [0.15, 0.2) is 11.5 Å². The van der Waals surface area contributed by atoms with Crippen LogP contribution in [0.3, 0.4) is 0 Å². The van der Waals surface area contributed by atoms with Crippen molar-refractivity contribution >= 4 is 5.91 Å². The van der Waals surface area contributed by atoms with Gasteiger partial charge in [0, 0.05) is 45.1 Å². The summed E-state index contributed by atoms with van der Waals surface area (Å²) in [5, 5.41) is 11.0. The van der Waals surface area contributed by atoms with Crippen LogP contribution in [0.1, 0.15) is 23.4 Å². The average Bonchev–Trinajstić information content (AvgIpc) is 3.36. The molecule has 1 aromatic heterocycles. The molecule has 1 fully saturated rings. The maximum absolute atomic E-state index is 12.9. The van der Waals surface area contributed by atoms with Crippen molar-refractivity contribution in [1.29, 1.82) is 0 Å². The summed E-state index contributed by atoms with van der Waals surface area (Å²) in [6.45, 7) is 4.52. The zero-order valence-corrected chi connectivity index (χ0v) is 15.2. The lowest BCUT2D eigenvalue weighted by atomic mass is 9.88. The van der Waals surface area contributed by atoms with Crippen molar-refractivity contribution < 1.29 is 14.3 Å². The lowest BCUT2D eigenvalue weighted by Gasteiger charge is -2.37. The van der Waals surface area contributed by atoms with E-state index in [1.807, 2.05) is 11.0 Å². The number of aryl methyl sites for hydroxylation is 1. The van der Waals surface area contributed by atoms with Crippen LogP contribution in [-0.2, 0) is 24.2 Å². The van der Waals surface area contributed by atoms with Gasteiger partial charge in [-0.1, -0.05) is 6.07 Å². The first-order valence-electron chi connectivity index (χ1n) is 9.54. The molecule has 1 aromatic carbocycles.